The first-order valence-electron chi connectivity index (χ1n) is 7.07. The highest BCUT2D eigenvalue weighted by Crippen LogP contribution is 2.31. The summed E-state index contributed by atoms with van der Waals surface area (Å²) < 4.78 is 32.1. The summed E-state index contributed by atoms with van der Waals surface area (Å²) in [5.74, 6) is 0.339. The van der Waals surface area contributed by atoms with Crippen LogP contribution in [0.15, 0.2) is 23.1 Å². The highest BCUT2D eigenvalue weighted by molar-refractivity contribution is 7.89. The molecule has 1 aromatic rings. The Balaban J connectivity index is 2.37. The van der Waals surface area contributed by atoms with Gasteiger partial charge in [-0.15, -0.1) is 0 Å². The standard InChI is InChI=1S/C14H22N2O4S/c1-20-14-10-12(6-7-13(14)15)21(18,19)16(8-9-17)11-4-2-3-5-11/h6-7,10-11,17H,2-5,8-9,15H2,1H3. The summed E-state index contributed by atoms with van der Waals surface area (Å²) in [6.45, 7) is -0.0818. The van der Waals surface area contributed by atoms with Crippen LogP contribution in [0.2, 0.25) is 0 Å². The summed E-state index contributed by atoms with van der Waals surface area (Å²) in [7, 11) is -2.21. The number of benzene rings is 1. The Morgan fingerprint density at radius 1 is 1.38 bits per heavy atom. The Kier molecular flexibility index (Phi) is 5.08. The number of anilines is 1. The number of methoxy groups -OCH3 is 1. The molecule has 3 N–H and O–H groups in total. The summed E-state index contributed by atoms with van der Waals surface area (Å²) in [5.41, 5.74) is 6.12. The van der Waals surface area contributed by atoms with E-state index in [1.807, 2.05) is 0 Å². The van der Waals surface area contributed by atoms with E-state index < -0.39 is 10.0 Å². The van der Waals surface area contributed by atoms with E-state index in [9.17, 15) is 13.5 Å². The van der Waals surface area contributed by atoms with Gasteiger partial charge in [0.15, 0.2) is 0 Å². The number of aliphatic hydroxyl groups excluding tert-OH is 1. The van der Waals surface area contributed by atoms with Gasteiger partial charge in [0.25, 0.3) is 0 Å². The Morgan fingerprint density at radius 2 is 2.05 bits per heavy atom. The Morgan fingerprint density at radius 3 is 2.62 bits per heavy atom. The maximum absolute atomic E-state index is 12.8. The number of nitrogens with zero attached hydrogens (tertiary/aromatic N) is 1. The number of sulfonamides is 1. The fourth-order valence-corrected chi connectivity index (χ4v) is 4.47. The summed E-state index contributed by atoms with van der Waals surface area (Å²) in [4.78, 5) is 0.147. The van der Waals surface area contributed by atoms with Gasteiger partial charge in [-0.05, 0) is 25.0 Å². The molecule has 21 heavy (non-hydrogen) atoms. The molecule has 1 fully saturated rings. The maximum Gasteiger partial charge on any atom is 0.243 e. The molecule has 1 aliphatic carbocycles. The van der Waals surface area contributed by atoms with Gasteiger partial charge in [-0.2, -0.15) is 4.31 Å². The second-order valence-corrected chi connectivity index (χ2v) is 7.07. The molecule has 0 radical (unpaired) electrons. The van der Waals surface area contributed by atoms with Crippen LogP contribution in [0.5, 0.6) is 5.75 Å². The lowest BCUT2D eigenvalue weighted by Crippen LogP contribution is -2.40. The Bertz CT molecular complexity index is 583. The Labute approximate surface area is 125 Å². The van der Waals surface area contributed by atoms with Crippen LogP contribution in [0.25, 0.3) is 0 Å². The first-order valence-corrected chi connectivity index (χ1v) is 8.51. The minimum atomic E-state index is -3.66. The third kappa shape index (κ3) is 3.30. The van der Waals surface area contributed by atoms with E-state index >= 15 is 0 Å². The predicted octanol–water partition coefficient (Wildman–Crippen LogP) is 1.20. The van der Waals surface area contributed by atoms with E-state index in [4.69, 9.17) is 10.5 Å². The van der Waals surface area contributed by atoms with Crippen molar-refractivity contribution in [3.8, 4) is 5.75 Å². The second kappa shape index (κ2) is 6.64. The normalized spacial score (nSPS) is 16.5. The van der Waals surface area contributed by atoms with Gasteiger partial charge in [-0.3, -0.25) is 0 Å². The zero-order valence-electron chi connectivity index (χ0n) is 12.2. The average Bonchev–Trinajstić information content (AvgIpc) is 2.98. The lowest BCUT2D eigenvalue weighted by molar-refractivity contribution is 0.226. The van der Waals surface area contributed by atoms with Gasteiger partial charge in [0, 0.05) is 18.7 Å². The molecule has 2 rings (SSSR count). The van der Waals surface area contributed by atoms with Crippen molar-refractivity contribution < 1.29 is 18.3 Å². The van der Waals surface area contributed by atoms with E-state index in [1.165, 1.54) is 29.6 Å². The van der Waals surface area contributed by atoms with Crippen LogP contribution in [0.1, 0.15) is 25.7 Å². The predicted molar refractivity (Wildman–Crippen MR) is 80.6 cm³/mol. The van der Waals surface area contributed by atoms with Gasteiger partial charge in [0.1, 0.15) is 5.75 Å². The van der Waals surface area contributed by atoms with Crippen LogP contribution in [0, 0.1) is 0 Å². The molecule has 0 aromatic heterocycles. The molecule has 0 heterocycles. The first kappa shape index (κ1) is 16.1. The lowest BCUT2D eigenvalue weighted by atomic mass is 10.2. The molecule has 7 heteroatoms. The summed E-state index contributed by atoms with van der Waals surface area (Å²) >= 11 is 0. The molecule has 0 amide bonds. The molecule has 0 saturated heterocycles. The summed E-state index contributed by atoms with van der Waals surface area (Å²) in [5, 5.41) is 9.20. The van der Waals surface area contributed by atoms with E-state index in [-0.39, 0.29) is 24.1 Å². The van der Waals surface area contributed by atoms with Gasteiger partial charge >= 0.3 is 0 Å². The number of hydrogen-bond acceptors (Lipinski definition) is 5. The van der Waals surface area contributed by atoms with Gasteiger partial charge in [-0.25, -0.2) is 8.42 Å². The van der Waals surface area contributed by atoms with Crippen LogP contribution in [0.4, 0.5) is 5.69 Å². The lowest BCUT2D eigenvalue weighted by Gasteiger charge is -2.27. The monoisotopic (exact) mass is 314 g/mol. The SMILES string of the molecule is COc1cc(S(=O)(=O)N(CCO)C2CCCC2)ccc1N. The smallest absolute Gasteiger partial charge is 0.243 e. The molecule has 0 spiro atoms. The van der Waals surface area contributed by atoms with Crippen LogP contribution < -0.4 is 10.5 Å². The fraction of sp³-hybridized carbons (Fsp3) is 0.571. The molecule has 6 nitrogen and oxygen atoms in total. The van der Waals surface area contributed by atoms with E-state index in [2.05, 4.69) is 0 Å². The molecular weight excluding hydrogens is 292 g/mol. The molecule has 1 aliphatic rings. The number of aliphatic hydroxyl groups is 1. The fourth-order valence-electron chi connectivity index (χ4n) is 2.78. The molecule has 118 valence electrons. The van der Waals surface area contributed by atoms with Crippen molar-refractivity contribution in [3.05, 3.63) is 18.2 Å². The minimum absolute atomic E-state index is 0.0364. The van der Waals surface area contributed by atoms with Gasteiger partial charge in [-0.1, -0.05) is 12.8 Å². The zero-order chi connectivity index (χ0) is 15.5. The minimum Gasteiger partial charge on any atom is -0.495 e. The topological polar surface area (TPSA) is 92.9 Å². The third-order valence-corrected chi connectivity index (χ3v) is 5.81. The molecule has 1 saturated carbocycles. The average molecular weight is 314 g/mol. The van der Waals surface area contributed by atoms with Crippen molar-refractivity contribution in [1.29, 1.82) is 0 Å². The van der Waals surface area contributed by atoms with Crippen molar-refractivity contribution in [2.24, 2.45) is 0 Å². The third-order valence-electron chi connectivity index (χ3n) is 3.86. The highest BCUT2D eigenvalue weighted by Gasteiger charge is 2.33. The van der Waals surface area contributed by atoms with Crippen LogP contribution in [-0.4, -0.2) is 44.1 Å². The number of hydrogen-bond donors (Lipinski definition) is 2. The molecule has 0 aliphatic heterocycles. The second-order valence-electron chi connectivity index (χ2n) is 5.18. The molecule has 0 bridgehead atoms. The van der Waals surface area contributed by atoms with Crippen LogP contribution >= 0.6 is 0 Å². The summed E-state index contributed by atoms with van der Waals surface area (Å²) in [6, 6.07) is 4.40. The highest BCUT2D eigenvalue weighted by atomic mass is 32.2. The van der Waals surface area contributed by atoms with E-state index in [0.29, 0.717) is 11.4 Å². The maximum atomic E-state index is 12.8. The molecular formula is C14H22N2O4S. The van der Waals surface area contributed by atoms with Crippen molar-refractivity contribution in [3.63, 3.8) is 0 Å². The molecule has 1 aromatic carbocycles. The van der Waals surface area contributed by atoms with Crippen LogP contribution in [0.3, 0.4) is 0 Å². The largest absolute Gasteiger partial charge is 0.495 e. The number of nitrogens with two attached hydrogens (primary N) is 1. The Hall–Kier alpha value is -1.31. The quantitative estimate of drug-likeness (QED) is 0.770. The first-order chi connectivity index (χ1) is 10.0. The van der Waals surface area contributed by atoms with Crippen molar-refractivity contribution in [1.82, 2.24) is 4.31 Å². The molecule has 0 unspecified atom stereocenters. The number of rotatable bonds is 6. The van der Waals surface area contributed by atoms with E-state index in [0.717, 1.165) is 25.7 Å². The van der Waals surface area contributed by atoms with Crippen LogP contribution in [-0.2, 0) is 10.0 Å². The zero-order valence-corrected chi connectivity index (χ0v) is 13.0. The number of ether oxygens (including phenoxy) is 1. The van der Waals surface area contributed by atoms with Gasteiger partial charge in [0.2, 0.25) is 10.0 Å². The summed E-state index contributed by atoms with van der Waals surface area (Å²) in [6.07, 6.45) is 3.72. The van der Waals surface area contributed by atoms with Crippen molar-refractivity contribution >= 4 is 15.7 Å². The van der Waals surface area contributed by atoms with Crippen molar-refractivity contribution in [2.45, 2.75) is 36.6 Å². The van der Waals surface area contributed by atoms with E-state index in [1.54, 1.807) is 0 Å². The van der Waals surface area contributed by atoms with Gasteiger partial charge in [0.05, 0.1) is 24.3 Å². The van der Waals surface area contributed by atoms with Crippen molar-refractivity contribution in [2.75, 3.05) is 26.0 Å². The molecule has 0 atom stereocenters. The van der Waals surface area contributed by atoms with Gasteiger partial charge < -0.3 is 15.6 Å². The number of nitrogen functional groups attached to an aromatic ring is 1.